The maximum absolute atomic E-state index is 6.35. The normalized spacial score (nSPS) is 14.6. The molecule has 2 heterocycles. The number of aromatic nitrogens is 2. The molecule has 0 atom stereocenters. The second-order valence-corrected chi connectivity index (χ2v) is 5.48. The Kier molecular flexibility index (Phi) is 3.41. The number of hydrogen-bond acceptors (Lipinski definition) is 2. The number of nitrogens with zero attached hydrogens (tertiary/aromatic N) is 2. The van der Waals surface area contributed by atoms with E-state index in [1.165, 1.54) is 5.56 Å². The van der Waals surface area contributed by atoms with Crippen LogP contribution < -0.4 is 0 Å². The van der Waals surface area contributed by atoms with Gasteiger partial charge in [0.2, 0.25) is 0 Å². The minimum atomic E-state index is 0.574. The highest BCUT2D eigenvalue weighted by molar-refractivity contribution is 9.10. The summed E-state index contributed by atoms with van der Waals surface area (Å²) in [7, 11) is 0. The zero-order valence-electron chi connectivity index (χ0n) is 9.70. The molecule has 1 aliphatic heterocycles. The van der Waals surface area contributed by atoms with Crippen molar-refractivity contribution in [2.45, 2.75) is 19.6 Å². The van der Waals surface area contributed by atoms with Crippen LogP contribution >= 0.6 is 27.5 Å². The molecular weight excluding hydrogens is 316 g/mol. The Bertz CT molecular complexity index is 582. The van der Waals surface area contributed by atoms with Gasteiger partial charge in [0, 0.05) is 16.5 Å². The van der Waals surface area contributed by atoms with Gasteiger partial charge in [0.1, 0.15) is 5.15 Å². The summed E-state index contributed by atoms with van der Waals surface area (Å²) >= 11 is 9.89. The van der Waals surface area contributed by atoms with Gasteiger partial charge >= 0.3 is 0 Å². The summed E-state index contributed by atoms with van der Waals surface area (Å²) < 4.78 is 8.34. The molecule has 0 fully saturated rings. The van der Waals surface area contributed by atoms with Gasteiger partial charge < -0.3 is 4.74 Å². The summed E-state index contributed by atoms with van der Waals surface area (Å²) in [6.07, 6.45) is 0.845. The molecule has 3 nitrogen and oxygen atoms in total. The first-order chi connectivity index (χ1) is 8.75. The molecule has 2 aromatic rings. The summed E-state index contributed by atoms with van der Waals surface area (Å²) in [4.78, 5) is 0. The molecule has 0 aliphatic carbocycles. The lowest BCUT2D eigenvalue weighted by atomic mass is 10.2. The predicted octanol–water partition coefficient (Wildman–Crippen LogP) is 3.42. The first-order valence-corrected chi connectivity index (χ1v) is 6.98. The van der Waals surface area contributed by atoms with Crippen LogP contribution in [0.15, 0.2) is 28.7 Å². The Hall–Kier alpha value is -0.840. The average molecular weight is 328 g/mol. The van der Waals surface area contributed by atoms with Gasteiger partial charge in [-0.15, -0.1) is 0 Å². The standard InChI is InChI=1S/C13H12BrClN2O/c14-11-4-2-1-3-9(11)7-17-13(15)10-8-18-6-5-12(10)16-17/h1-4H,5-8H2. The second kappa shape index (κ2) is 5.03. The van der Waals surface area contributed by atoms with E-state index >= 15 is 0 Å². The molecule has 0 N–H and O–H groups in total. The molecule has 3 rings (SSSR count). The third-order valence-electron chi connectivity index (χ3n) is 3.07. The SMILES string of the molecule is Clc1c2c(nn1Cc1ccccc1Br)CCOC2. The first kappa shape index (κ1) is 12.2. The summed E-state index contributed by atoms with van der Waals surface area (Å²) in [6.45, 7) is 1.98. The van der Waals surface area contributed by atoms with Crippen LogP contribution in [0.1, 0.15) is 16.8 Å². The highest BCUT2D eigenvalue weighted by atomic mass is 79.9. The number of ether oxygens (including phenoxy) is 1. The first-order valence-electron chi connectivity index (χ1n) is 5.81. The second-order valence-electron chi connectivity index (χ2n) is 4.27. The smallest absolute Gasteiger partial charge is 0.133 e. The fourth-order valence-corrected chi connectivity index (χ4v) is 2.78. The van der Waals surface area contributed by atoms with Crippen LogP contribution in [-0.2, 0) is 24.3 Å². The monoisotopic (exact) mass is 326 g/mol. The predicted molar refractivity (Wildman–Crippen MR) is 73.8 cm³/mol. The Morgan fingerprint density at radius 2 is 2.22 bits per heavy atom. The maximum Gasteiger partial charge on any atom is 0.133 e. The van der Waals surface area contributed by atoms with E-state index in [-0.39, 0.29) is 0 Å². The fraction of sp³-hybridized carbons (Fsp3) is 0.308. The molecule has 1 aromatic carbocycles. The van der Waals surface area contributed by atoms with Gasteiger partial charge in [-0.1, -0.05) is 45.7 Å². The van der Waals surface area contributed by atoms with E-state index in [1.807, 2.05) is 22.9 Å². The molecule has 0 saturated heterocycles. The zero-order chi connectivity index (χ0) is 12.5. The van der Waals surface area contributed by atoms with Crippen molar-refractivity contribution in [2.24, 2.45) is 0 Å². The number of rotatable bonds is 2. The molecule has 1 aliphatic rings. The summed E-state index contributed by atoms with van der Waals surface area (Å²) in [5.41, 5.74) is 3.27. The Balaban J connectivity index is 1.94. The summed E-state index contributed by atoms with van der Waals surface area (Å²) in [6, 6.07) is 8.10. The Morgan fingerprint density at radius 1 is 1.39 bits per heavy atom. The van der Waals surface area contributed by atoms with Gasteiger partial charge in [-0.25, -0.2) is 4.68 Å². The maximum atomic E-state index is 6.35. The molecule has 18 heavy (non-hydrogen) atoms. The molecule has 0 bridgehead atoms. The molecule has 5 heteroatoms. The molecular formula is C13H12BrClN2O. The van der Waals surface area contributed by atoms with Gasteiger partial charge in [0.15, 0.2) is 0 Å². The van der Waals surface area contributed by atoms with Gasteiger partial charge in [-0.3, -0.25) is 0 Å². The van der Waals surface area contributed by atoms with E-state index in [4.69, 9.17) is 16.3 Å². The van der Waals surface area contributed by atoms with Crippen LogP contribution in [0, 0.1) is 0 Å². The quantitative estimate of drug-likeness (QED) is 0.845. The topological polar surface area (TPSA) is 27.1 Å². The van der Waals surface area contributed by atoms with Crippen LogP contribution in [0.25, 0.3) is 0 Å². The van der Waals surface area contributed by atoms with Crippen molar-refractivity contribution in [2.75, 3.05) is 6.61 Å². The van der Waals surface area contributed by atoms with E-state index in [1.54, 1.807) is 0 Å². The lowest BCUT2D eigenvalue weighted by Gasteiger charge is -2.09. The van der Waals surface area contributed by atoms with Crippen LogP contribution in [0.4, 0.5) is 0 Å². The molecule has 0 amide bonds. The van der Waals surface area contributed by atoms with Gasteiger partial charge in [-0.05, 0) is 11.6 Å². The number of hydrogen-bond donors (Lipinski definition) is 0. The Labute approximate surface area is 119 Å². The molecule has 0 saturated carbocycles. The summed E-state index contributed by atoms with van der Waals surface area (Å²) in [5, 5.41) is 5.27. The van der Waals surface area contributed by atoms with Crippen LogP contribution in [0.5, 0.6) is 0 Å². The number of halogens is 2. The van der Waals surface area contributed by atoms with Gasteiger partial charge in [-0.2, -0.15) is 5.10 Å². The molecule has 0 radical (unpaired) electrons. The van der Waals surface area contributed by atoms with Crippen molar-refractivity contribution >= 4 is 27.5 Å². The van der Waals surface area contributed by atoms with Crippen molar-refractivity contribution in [3.8, 4) is 0 Å². The fourth-order valence-electron chi connectivity index (χ4n) is 2.10. The van der Waals surface area contributed by atoms with Crippen molar-refractivity contribution in [3.63, 3.8) is 0 Å². The summed E-state index contributed by atoms with van der Waals surface area (Å²) in [5.74, 6) is 0. The van der Waals surface area contributed by atoms with Gasteiger partial charge in [0.25, 0.3) is 0 Å². The average Bonchev–Trinajstić information content (AvgIpc) is 2.70. The van der Waals surface area contributed by atoms with E-state index in [2.05, 4.69) is 27.1 Å². The van der Waals surface area contributed by atoms with E-state index < -0.39 is 0 Å². The molecule has 0 spiro atoms. The van der Waals surface area contributed by atoms with Crippen LogP contribution in [-0.4, -0.2) is 16.4 Å². The Morgan fingerprint density at radius 3 is 3.00 bits per heavy atom. The molecule has 94 valence electrons. The van der Waals surface area contributed by atoms with Gasteiger partial charge in [0.05, 0.1) is 25.5 Å². The lowest BCUT2D eigenvalue weighted by Crippen LogP contribution is -2.08. The number of fused-ring (bicyclic) bond motifs is 1. The van der Waals surface area contributed by atoms with Crippen LogP contribution in [0.2, 0.25) is 5.15 Å². The van der Waals surface area contributed by atoms with Crippen molar-refractivity contribution in [1.29, 1.82) is 0 Å². The third kappa shape index (κ3) is 2.20. The highest BCUT2D eigenvalue weighted by Crippen LogP contribution is 2.26. The van der Waals surface area contributed by atoms with E-state index in [9.17, 15) is 0 Å². The van der Waals surface area contributed by atoms with E-state index in [0.717, 1.165) is 28.8 Å². The van der Waals surface area contributed by atoms with Crippen molar-refractivity contribution < 1.29 is 4.74 Å². The largest absolute Gasteiger partial charge is 0.376 e. The minimum absolute atomic E-state index is 0.574. The van der Waals surface area contributed by atoms with E-state index in [0.29, 0.717) is 18.3 Å². The van der Waals surface area contributed by atoms with Crippen LogP contribution in [0.3, 0.4) is 0 Å². The molecule has 1 aromatic heterocycles. The zero-order valence-corrected chi connectivity index (χ0v) is 12.0. The number of benzene rings is 1. The van der Waals surface area contributed by atoms with Crippen molar-refractivity contribution in [3.05, 3.63) is 50.7 Å². The lowest BCUT2D eigenvalue weighted by molar-refractivity contribution is 0.110. The highest BCUT2D eigenvalue weighted by Gasteiger charge is 2.20. The minimum Gasteiger partial charge on any atom is -0.376 e. The molecule has 0 unspecified atom stereocenters. The third-order valence-corrected chi connectivity index (χ3v) is 4.27. The van der Waals surface area contributed by atoms with Crippen molar-refractivity contribution in [1.82, 2.24) is 9.78 Å².